The second kappa shape index (κ2) is 6.69. The zero-order valence-corrected chi connectivity index (χ0v) is 14.0. The number of hydrogen-bond acceptors (Lipinski definition) is 8. The summed E-state index contributed by atoms with van der Waals surface area (Å²) in [6.07, 6.45) is 0. The van der Waals surface area contributed by atoms with E-state index in [1.165, 1.54) is 0 Å². The maximum absolute atomic E-state index is 12.5. The van der Waals surface area contributed by atoms with Gasteiger partial charge in [0, 0.05) is 5.02 Å². The van der Waals surface area contributed by atoms with Crippen LogP contribution in [0.5, 0.6) is 0 Å². The number of aryl methyl sites for hydroxylation is 1. The Bertz CT molecular complexity index is 944. The number of nitrogens with one attached hydrogen (secondary N) is 1. The minimum atomic E-state index is -0.529. The molecule has 25 heavy (non-hydrogen) atoms. The molecule has 0 atom stereocenters. The van der Waals surface area contributed by atoms with E-state index in [4.69, 9.17) is 17.3 Å². The lowest BCUT2D eigenvalue weighted by molar-refractivity contribution is 0.0946. The van der Waals surface area contributed by atoms with Crippen molar-refractivity contribution in [2.24, 2.45) is 5.10 Å². The number of nitrogens with zero attached hydrogens (tertiary/aromatic N) is 6. The van der Waals surface area contributed by atoms with Gasteiger partial charge in [-0.3, -0.25) is 4.79 Å². The van der Waals surface area contributed by atoms with Crippen molar-refractivity contribution in [2.75, 3.05) is 5.73 Å². The number of nitrogens with two attached hydrogens (primary N) is 1. The monoisotopic (exact) mass is 360 g/mol. The quantitative estimate of drug-likeness (QED) is 0.529. The number of benzene rings is 1. The summed E-state index contributed by atoms with van der Waals surface area (Å²) in [5.74, 6) is -0.470. The summed E-state index contributed by atoms with van der Waals surface area (Å²) in [5.41, 5.74) is 10.0. The lowest BCUT2D eigenvalue weighted by Gasteiger charge is -2.05. The van der Waals surface area contributed by atoms with E-state index in [1.54, 1.807) is 38.1 Å². The second-order valence-corrected chi connectivity index (χ2v) is 5.49. The maximum Gasteiger partial charge on any atom is 0.292 e. The first-order chi connectivity index (χ1) is 12.0. The molecule has 0 fully saturated rings. The highest BCUT2D eigenvalue weighted by atomic mass is 35.5. The normalized spacial score (nSPS) is 11.6. The molecule has 0 bridgehead atoms. The third-order valence-electron chi connectivity index (χ3n) is 3.34. The average Bonchev–Trinajstić information content (AvgIpc) is 3.18. The van der Waals surface area contributed by atoms with E-state index < -0.39 is 5.91 Å². The minimum absolute atomic E-state index is 0.0141. The first kappa shape index (κ1) is 16.6. The van der Waals surface area contributed by atoms with Gasteiger partial charge in [0.15, 0.2) is 5.69 Å². The molecular formula is C14H13ClN8O2. The SMILES string of the molecule is C/C(=N/NC(=O)c1c(C)nnn1-c1nonc1N)c1ccc(Cl)cc1. The van der Waals surface area contributed by atoms with Crippen molar-refractivity contribution in [3.05, 3.63) is 46.2 Å². The number of carbonyl (C=O) groups excluding carboxylic acids is 1. The third kappa shape index (κ3) is 3.33. The van der Waals surface area contributed by atoms with Gasteiger partial charge in [-0.25, -0.2) is 10.1 Å². The van der Waals surface area contributed by atoms with Gasteiger partial charge in [-0.2, -0.15) is 9.78 Å². The Morgan fingerprint density at radius 2 is 2.04 bits per heavy atom. The van der Waals surface area contributed by atoms with Crippen LogP contribution in [-0.2, 0) is 0 Å². The summed E-state index contributed by atoms with van der Waals surface area (Å²) in [6, 6.07) is 7.07. The average molecular weight is 361 g/mol. The standard InChI is InChI=1S/C14H13ClN8O2/c1-7(9-3-5-10(15)6-4-9)17-19-14(24)11-8(2)18-22-23(11)13-12(16)20-25-21-13/h3-6H,1-2H3,(H2,16,20)(H,19,24)/b17-7-. The summed E-state index contributed by atoms with van der Waals surface area (Å²) in [7, 11) is 0. The van der Waals surface area contributed by atoms with Crippen LogP contribution in [0.2, 0.25) is 5.02 Å². The van der Waals surface area contributed by atoms with E-state index in [-0.39, 0.29) is 17.3 Å². The molecule has 0 aliphatic carbocycles. The lowest BCUT2D eigenvalue weighted by Crippen LogP contribution is -2.23. The van der Waals surface area contributed by atoms with E-state index in [1.807, 2.05) is 0 Å². The Hall–Kier alpha value is -3.27. The van der Waals surface area contributed by atoms with Crippen molar-refractivity contribution in [2.45, 2.75) is 13.8 Å². The lowest BCUT2D eigenvalue weighted by atomic mass is 10.1. The highest BCUT2D eigenvalue weighted by molar-refractivity contribution is 6.30. The van der Waals surface area contributed by atoms with Gasteiger partial charge in [0.05, 0.1) is 11.4 Å². The molecule has 2 heterocycles. The Morgan fingerprint density at radius 1 is 1.32 bits per heavy atom. The Balaban J connectivity index is 1.85. The number of anilines is 1. The van der Waals surface area contributed by atoms with E-state index in [0.717, 1.165) is 10.2 Å². The van der Waals surface area contributed by atoms with E-state index in [0.29, 0.717) is 16.4 Å². The fraction of sp³-hybridized carbons (Fsp3) is 0.143. The Kier molecular flexibility index (Phi) is 4.44. The molecule has 128 valence electrons. The van der Waals surface area contributed by atoms with Gasteiger partial charge in [-0.05, 0) is 41.9 Å². The van der Waals surface area contributed by atoms with Crippen molar-refractivity contribution in [1.82, 2.24) is 30.7 Å². The van der Waals surface area contributed by atoms with Crippen LogP contribution in [0.15, 0.2) is 34.0 Å². The maximum atomic E-state index is 12.5. The Morgan fingerprint density at radius 3 is 2.68 bits per heavy atom. The number of halogens is 1. The van der Waals surface area contributed by atoms with Crippen LogP contribution < -0.4 is 11.2 Å². The number of hydrogen-bond donors (Lipinski definition) is 2. The highest BCUT2D eigenvalue weighted by Crippen LogP contribution is 2.15. The molecular weight excluding hydrogens is 348 g/mol. The fourth-order valence-electron chi connectivity index (χ4n) is 2.05. The minimum Gasteiger partial charge on any atom is -0.378 e. The molecule has 3 aromatic rings. The van der Waals surface area contributed by atoms with Crippen molar-refractivity contribution < 1.29 is 9.42 Å². The highest BCUT2D eigenvalue weighted by Gasteiger charge is 2.22. The van der Waals surface area contributed by atoms with Gasteiger partial charge in [-0.1, -0.05) is 28.9 Å². The molecule has 0 saturated heterocycles. The molecule has 0 aliphatic heterocycles. The van der Waals surface area contributed by atoms with Crippen molar-refractivity contribution >= 4 is 29.0 Å². The summed E-state index contributed by atoms with van der Waals surface area (Å²) >= 11 is 5.85. The van der Waals surface area contributed by atoms with Crippen LogP contribution in [-0.4, -0.2) is 36.9 Å². The van der Waals surface area contributed by atoms with E-state index in [2.05, 4.69) is 35.8 Å². The zero-order chi connectivity index (χ0) is 18.0. The molecule has 11 heteroatoms. The zero-order valence-electron chi connectivity index (χ0n) is 13.3. The predicted octanol–water partition coefficient (Wildman–Crippen LogP) is 1.35. The summed E-state index contributed by atoms with van der Waals surface area (Å²) in [6.45, 7) is 3.38. The molecule has 10 nitrogen and oxygen atoms in total. The van der Waals surface area contributed by atoms with E-state index >= 15 is 0 Å². The summed E-state index contributed by atoms with van der Waals surface area (Å²) in [4.78, 5) is 12.5. The van der Waals surface area contributed by atoms with Crippen LogP contribution in [0.3, 0.4) is 0 Å². The molecule has 1 amide bonds. The summed E-state index contributed by atoms with van der Waals surface area (Å²) < 4.78 is 5.67. The van der Waals surface area contributed by atoms with Crippen LogP contribution in [0.4, 0.5) is 5.82 Å². The number of aromatic nitrogens is 5. The molecule has 0 saturated carbocycles. The molecule has 3 N–H and O–H groups in total. The number of nitrogen functional groups attached to an aromatic ring is 1. The van der Waals surface area contributed by atoms with Crippen molar-refractivity contribution in [1.29, 1.82) is 0 Å². The first-order valence-corrected chi connectivity index (χ1v) is 7.46. The smallest absolute Gasteiger partial charge is 0.292 e. The molecule has 0 spiro atoms. The predicted molar refractivity (Wildman–Crippen MR) is 89.5 cm³/mol. The van der Waals surface area contributed by atoms with Crippen molar-refractivity contribution in [3.63, 3.8) is 0 Å². The van der Waals surface area contributed by atoms with Gasteiger partial charge in [0.2, 0.25) is 11.6 Å². The van der Waals surface area contributed by atoms with Crippen molar-refractivity contribution in [3.8, 4) is 5.82 Å². The van der Waals surface area contributed by atoms with Gasteiger partial charge in [-0.15, -0.1) is 5.10 Å². The molecule has 0 aliphatic rings. The topological polar surface area (TPSA) is 137 Å². The largest absolute Gasteiger partial charge is 0.378 e. The first-order valence-electron chi connectivity index (χ1n) is 7.08. The Labute approximate surface area is 146 Å². The van der Waals surface area contributed by atoms with Gasteiger partial charge in [0.1, 0.15) is 0 Å². The number of hydrazone groups is 1. The number of amides is 1. The van der Waals surface area contributed by atoms with Crippen LogP contribution in [0, 0.1) is 6.92 Å². The van der Waals surface area contributed by atoms with Crippen LogP contribution in [0.25, 0.3) is 5.82 Å². The fourth-order valence-corrected chi connectivity index (χ4v) is 2.17. The second-order valence-electron chi connectivity index (χ2n) is 5.05. The van der Waals surface area contributed by atoms with Crippen LogP contribution in [0.1, 0.15) is 28.7 Å². The van der Waals surface area contributed by atoms with Gasteiger partial charge in [0.25, 0.3) is 5.91 Å². The van der Waals surface area contributed by atoms with E-state index in [9.17, 15) is 4.79 Å². The van der Waals surface area contributed by atoms with Gasteiger partial charge < -0.3 is 5.73 Å². The molecule has 2 aromatic heterocycles. The third-order valence-corrected chi connectivity index (χ3v) is 3.59. The molecule has 3 rings (SSSR count). The molecule has 0 unspecified atom stereocenters. The summed E-state index contributed by atoms with van der Waals surface area (Å²) in [5, 5.41) is 19.5. The number of rotatable bonds is 4. The van der Waals surface area contributed by atoms with Gasteiger partial charge >= 0.3 is 0 Å². The number of carbonyl (C=O) groups is 1. The molecule has 0 radical (unpaired) electrons. The van der Waals surface area contributed by atoms with Crippen LogP contribution >= 0.6 is 11.6 Å². The molecule has 1 aromatic carbocycles.